The van der Waals surface area contributed by atoms with Crippen LogP contribution in [0.15, 0.2) is 53.7 Å². The maximum absolute atomic E-state index is 11.3. The summed E-state index contributed by atoms with van der Waals surface area (Å²) in [7, 11) is 0. The Bertz CT molecular complexity index is 540. The first-order valence-electron chi connectivity index (χ1n) is 6.01. The van der Waals surface area contributed by atoms with E-state index in [0.717, 1.165) is 16.2 Å². The Labute approximate surface area is 116 Å². The molecule has 1 unspecified atom stereocenters. The second kappa shape index (κ2) is 6.38. The Kier molecular flexibility index (Phi) is 4.58. The minimum Gasteiger partial charge on any atom is -0.480 e. The van der Waals surface area contributed by atoms with Crippen LogP contribution in [0.1, 0.15) is 11.1 Å². The third kappa shape index (κ3) is 4.10. The van der Waals surface area contributed by atoms with Crippen LogP contribution in [0.3, 0.4) is 0 Å². The van der Waals surface area contributed by atoms with E-state index in [0.29, 0.717) is 6.42 Å². The third-order valence-corrected chi connectivity index (χ3v) is 3.82. The average molecular weight is 273 g/mol. The number of nitrogens with zero attached hydrogens (tertiary/aromatic N) is 1. The Morgan fingerprint density at radius 1 is 1.26 bits per heavy atom. The standard InChI is InChI=1S/C15H15NO2S/c1-11-7-8-14(16-10-11)19-13(15(17)18)9-12-5-3-2-4-6-12/h2-8,10,13H,9H2,1H3,(H,17,18). The average Bonchev–Trinajstić information content (AvgIpc) is 2.41. The van der Waals surface area contributed by atoms with E-state index >= 15 is 0 Å². The number of carboxylic acids is 1. The number of pyridine rings is 1. The van der Waals surface area contributed by atoms with Gasteiger partial charge >= 0.3 is 5.97 Å². The van der Waals surface area contributed by atoms with Crippen molar-refractivity contribution in [3.63, 3.8) is 0 Å². The van der Waals surface area contributed by atoms with Gasteiger partial charge in [-0.2, -0.15) is 0 Å². The summed E-state index contributed by atoms with van der Waals surface area (Å²) in [4.78, 5) is 15.6. The first kappa shape index (κ1) is 13.6. The van der Waals surface area contributed by atoms with Gasteiger partial charge in [0, 0.05) is 6.20 Å². The number of aliphatic carboxylic acids is 1. The van der Waals surface area contributed by atoms with E-state index < -0.39 is 11.2 Å². The van der Waals surface area contributed by atoms with Crippen LogP contribution in [0.5, 0.6) is 0 Å². The van der Waals surface area contributed by atoms with Crippen molar-refractivity contribution in [2.45, 2.75) is 23.6 Å². The monoisotopic (exact) mass is 273 g/mol. The fourth-order valence-electron chi connectivity index (χ4n) is 1.68. The van der Waals surface area contributed by atoms with E-state index in [2.05, 4.69) is 4.98 Å². The lowest BCUT2D eigenvalue weighted by Gasteiger charge is -2.11. The topological polar surface area (TPSA) is 50.2 Å². The predicted octanol–water partition coefficient (Wildman–Crippen LogP) is 3.18. The molecule has 0 spiro atoms. The molecule has 2 aromatic rings. The molecule has 0 amide bonds. The number of thioether (sulfide) groups is 1. The lowest BCUT2D eigenvalue weighted by atomic mass is 10.1. The molecule has 1 heterocycles. The number of hydrogen-bond donors (Lipinski definition) is 1. The molecule has 98 valence electrons. The Morgan fingerprint density at radius 3 is 2.58 bits per heavy atom. The lowest BCUT2D eigenvalue weighted by Crippen LogP contribution is -2.19. The second-order valence-corrected chi connectivity index (χ2v) is 5.53. The van der Waals surface area contributed by atoms with E-state index in [-0.39, 0.29) is 0 Å². The van der Waals surface area contributed by atoms with Gasteiger partial charge in [-0.25, -0.2) is 4.98 Å². The van der Waals surface area contributed by atoms with E-state index in [1.807, 2.05) is 49.4 Å². The zero-order chi connectivity index (χ0) is 13.7. The normalized spacial score (nSPS) is 12.1. The molecule has 2 rings (SSSR count). The fraction of sp³-hybridized carbons (Fsp3) is 0.200. The zero-order valence-electron chi connectivity index (χ0n) is 10.6. The molecule has 0 radical (unpaired) electrons. The summed E-state index contributed by atoms with van der Waals surface area (Å²) in [6.07, 6.45) is 2.25. The van der Waals surface area contributed by atoms with Gasteiger partial charge in [0.25, 0.3) is 0 Å². The summed E-state index contributed by atoms with van der Waals surface area (Å²) in [6.45, 7) is 1.96. The summed E-state index contributed by atoms with van der Waals surface area (Å²) in [5.74, 6) is -0.809. The molecule has 0 fully saturated rings. The summed E-state index contributed by atoms with van der Waals surface area (Å²) in [5, 5.41) is 9.53. The van der Waals surface area contributed by atoms with Crippen LogP contribution >= 0.6 is 11.8 Å². The third-order valence-electron chi connectivity index (χ3n) is 2.69. The Balaban J connectivity index is 2.08. The van der Waals surface area contributed by atoms with Gasteiger partial charge in [-0.05, 0) is 30.5 Å². The number of rotatable bonds is 5. The first-order valence-corrected chi connectivity index (χ1v) is 6.89. The predicted molar refractivity (Wildman–Crippen MR) is 76.4 cm³/mol. The van der Waals surface area contributed by atoms with Crippen LogP contribution in [0, 0.1) is 6.92 Å². The largest absolute Gasteiger partial charge is 0.480 e. The van der Waals surface area contributed by atoms with Gasteiger partial charge in [-0.15, -0.1) is 0 Å². The second-order valence-electron chi connectivity index (χ2n) is 4.31. The SMILES string of the molecule is Cc1ccc(SC(Cc2ccccc2)C(=O)O)nc1. The molecule has 3 nitrogen and oxygen atoms in total. The van der Waals surface area contributed by atoms with Crippen molar-refractivity contribution < 1.29 is 9.90 Å². The van der Waals surface area contributed by atoms with Gasteiger partial charge in [0.05, 0.1) is 5.03 Å². The van der Waals surface area contributed by atoms with E-state index in [9.17, 15) is 9.90 Å². The van der Waals surface area contributed by atoms with E-state index in [4.69, 9.17) is 0 Å². The molecule has 1 atom stereocenters. The van der Waals surface area contributed by atoms with Crippen LogP contribution in [-0.2, 0) is 11.2 Å². The van der Waals surface area contributed by atoms with E-state index in [1.165, 1.54) is 11.8 Å². The molecule has 1 aromatic heterocycles. The molecule has 0 aliphatic heterocycles. The number of carboxylic acid groups (broad SMARTS) is 1. The maximum atomic E-state index is 11.3. The van der Waals surface area contributed by atoms with E-state index in [1.54, 1.807) is 6.20 Å². The fourth-order valence-corrected chi connectivity index (χ4v) is 2.61. The molecule has 1 aromatic carbocycles. The van der Waals surface area contributed by atoms with Gasteiger partial charge < -0.3 is 5.11 Å². The maximum Gasteiger partial charge on any atom is 0.317 e. The number of hydrogen-bond acceptors (Lipinski definition) is 3. The van der Waals surface area contributed by atoms with Crippen LogP contribution in [-0.4, -0.2) is 21.3 Å². The summed E-state index contributed by atoms with van der Waals surface area (Å²) >= 11 is 1.29. The molecule has 1 N–H and O–H groups in total. The smallest absolute Gasteiger partial charge is 0.317 e. The zero-order valence-corrected chi connectivity index (χ0v) is 11.4. The molecule has 4 heteroatoms. The van der Waals surface area contributed by atoms with Crippen LogP contribution in [0.4, 0.5) is 0 Å². The van der Waals surface area contributed by atoms with Gasteiger partial charge in [0.1, 0.15) is 5.25 Å². The number of carbonyl (C=O) groups is 1. The molecule has 19 heavy (non-hydrogen) atoms. The molecule has 0 saturated carbocycles. The van der Waals surface area contributed by atoms with Crippen LogP contribution < -0.4 is 0 Å². The van der Waals surface area contributed by atoms with Gasteiger partial charge in [0.15, 0.2) is 0 Å². The van der Waals surface area contributed by atoms with Crippen molar-refractivity contribution in [1.82, 2.24) is 4.98 Å². The van der Waals surface area contributed by atoms with Gasteiger partial charge in [0.2, 0.25) is 0 Å². The molecular formula is C15H15NO2S. The highest BCUT2D eigenvalue weighted by atomic mass is 32.2. The number of benzene rings is 1. The van der Waals surface area contributed by atoms with Gasteiger partial charge in [-0.1, -0.05) is 48.2 Å². The van der Waals surface area contributed by atoms with Gasteiger partial charge in [-0.3, -0.25) is 4.79 Å². The summed E-state index contributed by atoms with van der Waals surface area (Å²) < 4.78 is 0. The quantitative estimate of drug-likeness (QED) is 0.850. The highest BCUT2D eigenvalue weighted by molar-refractivity contribution is 8.00. The molecular weight excluding hydrogens is 258 g/mol. The molecule has 0 saturated heterocycles. The van der Waals surface area contributed by atoms with Crippen LogP contribution in [0.2, 0.25) is 0 Å². The minimum absolute atomic E-state index is 0.496. The Hall–Kier alpha value is -1.81. The van der Waals surface area contributed by atoms with Crippen LogP contribution in [0.25, 0.3) is 0 Å². The first-order chi connectivity index (χ1) is 9.15. The van der Waals surface area contributed by atoms with Crippen molar-refractivity contribution in [3.05, 3.63) is 59.8 Å². The molecule has 0 aliphatic rings. The molecule has 0 aliphatic carbocycles. The summed E-state index contributed by atoms with van der Waals surface area (Å²) in [6, 6.07) is 13.5. The van der Waals surface area contributed by atoms with Crippen molar-refractivity contribution in [3.8, 4) is 0 Å². The van der Waals surface area contributed by atoms with Crippen molar-refractivity contribution >= 4 is 17.7 Å². The highest BCUT2D eigenvalue weighted by Gasteiger charge is 2.19. The van der Waals surface area contributed by atoms with Crippen molar-refractivity contribution in [1.29, 1.82) is 0 Å². The number of aryl methyl sites for hydroxylation is 1. The van der Waals surface area contributed by atoms with Crippen molar-refractivity contribution in [2.24, 2.45) is 0 Å². The Morgan fingerprint density at radius 2 is 2.00 bits per heavy atom. The number of aromatic nitrogens is 1. The van der Waals surface area contributed by atoms with Crippen molar-refractivity contribution in [2.75, 3.05) is 0 Å². The summed E-state index contributed by atoms with van der Waals surface area (Å²) in [5.41, 5.74) is 2.09. The minimum atomic E-state index is -0.809. The molecule has 0 bridgehead atoms. The highest BCUT2D eigenvalue weighted by Crippen LogP contribution is 2.24. The lowest BCUT2D eigenvalue weighted by molar-refractivity contribution is -0.136.